The summed E-state index contributed by atoms with van der Waals surface area (Å²) in [6.07, 6.45) is 3.72. The van der Waals surface area contributed by atoms with E-state index in [9.17, 15) is 9.18 Å². The minimum absolute atomic E-state index is 0.149. The summed E-state index contributed by atoms with van der Waals surface area (Å²) in [5.74, 6) is -0.477. The van der Waals surface area contributed by atoms with Gasteiger partial charge in [-0.2, -0.15) is 0 Å². The van der Waals surface area contributed by atoms with Gasteiger partial charge in [-0.05, 0) is 61.6 Å². The molecule has 1 aliphatic rings. The largest absolute Gasteiger partial charge is 0.350 e. The second-order valence-corrected chi connectivity index (χ2v) is 6.82. The van der Waals surface area contributed by atoms with Crippen molar-refractivity contribution in [1.82, 2.24) is 10.2 Å². The fourth-order valence-electron chi connectivity index (χ4n) is 3.01. The number of carbonyl (C=O) groups excluding carboxylic acids is 1. The SMILES string of the molecule is O=C(NC[C@@H](c1cccs1)N1CCCCC1)c1ccc(F)cc1. The Kier molecular flexibility index (Phi) is 5.41. The number of hydrogen-bond donors (Lipinski definition) is 1. The summed E-state index contributed by atoms with van der Waals surface area (Å²) < 4.78 is 13.0. The van der Waals surface area contributed by atoms with Gasteiger partial charge in [0.15, 0.2) is 0 Å². The first-order chi connectivity index (χ1) is 11.2. The van der Waals surface area contributed by atoms with E-state index in [0.29, 0.717) is 12.1 Å². The van der Waals surface area contributed by atoms with Crippen molar-refractivity contribution in [2.24, 2.45) is 0 Å². The molecule has 5 heteroatoms. The molecule has 1 atom stereocenters. The molecule has 0 bridgehead atoms. The Balaban J connectivity index is 1.66. The van der Waals surface area contributed by atoms with E-state index >= 15 is 0 Å². The molecule has 1 aliphatic heterocycles. The van der Waals surface area contributed by atoms with Crippen molar-refractivity contribution >= 4 is 17.2 Å². The smallest absolute Gasteiger partial charge is 0.251 e. The lowest BCUT2D eigenvalue weighted by atomic mass is 10.1. The first-order valence-electron chi connectivity index (χ1n) is 8.05. The van der Waals surface area contributed by atoms with E-state index in [4.69, 9.17) is 0 Å². The molecule has 0 spiro atoms. The van der Waals surface area contributed by atoms with Gasteiger partial charge < -0.3 is 5.32 Å². The Morgan fingerprint density at radius 1 is 1.17 bits per heavy atom. The summed E-state index contributed by atoms with van der Waals surface area (Å²) in [7, 11) is 0. The van der Waals surface area contributed by atoms with Gasteiger partial charge in [0.25, 0.3) is 5.91 Å². The van der Waals surface area contributed by atoms with E-state index in [1.165, 1.54) is 48.4 Å². The van der Waals surface area contributed by atoms with Crippen LogP contribution in [0, 0.1) is 5.82 Å². The quantitative estimate of drug-likeness (QED) is 0.902. The van der Waals surface area contributed by atoms with Crippen molar-refractivity contribution in [2.75, 3.05) is 19.6 Å². The molecule has 2 aromatic rings. The van der Waals surface area contributed by atoms with E-state index < -0.39 is 0 Å². The highest BCUT2D eigenvalue weighted by Gasteiger charge is 2.23. The Labute approximate surface area is 140 Å². The molecular formula is C18H21FN2OS. The number of nitrogens with one attached hydrogen (secondary N) is 1. The number of nitrogens with zero attached hydrogens (tertiary/aromatic N) is 1. The number of likely N-dealkylation sites (tertiary alicyclic amines) is 1. The standard InChI is InChI=1S/C18H21FN2OS/c19-15-8-6-14(7-9-15)18(22)20-13-16(17-5-4-12-23-17)21-10-2-1-3-11-21/h4-9,12,16H,1-3,10-11,13H2,(H,20,22)/t16-/m0/s1. The molecule has 3 nitrogen and oxygen atoms in total. The number of piperidine rings is 1. The molecule has 2 heterocycles. The van der Waals surface area contributed by atoms with Crippen molar-refractivity contribution in [2.45, 2.75) is 25.3 Å². The second-order valence-electron chi connectivity index (χ2n) is 5.84. The van der Waals surface area contributed by atoms with Crippen LogP contribution in [0.25, 0.3) is 0 Å². The van der Waals surface area contributed by atoms with Crippen molar-refractivity contribution in [3.05, 3.63) is 58.0 Å². The van der Waals surface area contributed by atoms with E-state index in [1.54, 1.807) is 11.3 Å². The third-order valence-corrected chi connectivity index (χ3v) is 5.24. The zero-order valence-electron chi connectivity index (χ0n) is 13.0. The Morgan fingerprint density at radius 2 is 1.91 bits per heavy atom. The van der Waals surface area contributed by atoms with Gasteiger partial charge in [-0.15, -0.1) is 11.3 Å². The summed E-state index contributed by atoms with van der Waals surface area (Å²) in [4.78, 5) is 16.0. The molecule has 1 aromatic heterocycles. The van der Waals surface area contributed by atoms with Crippen LogP contribution in [0.15, 0.2) is 41.8 Å². The van der Waals surface area contributed by atoms with Gasteiger partial charge in [0.05, 0.1) is 6.04 Å². The molecule has 1 fully saturated rings. The van der Waals surface area contributed by atoms with Gasteiger partial charge in [0, 0.05) is 17.0 Å². The van der Waals surface area contributed by atoms with Gasteiger partial charge in [-0.1, -0.05) is 12.5 Å². The number of hydrogen-bond acceptors (Lipinski definition) is 3. The second kappa shape index (κ2) is 7.70. The molecule has 0 aliphatic carbocycles. The number of thiophene rings is 1. The normalized spacial score (nSPS) is 16.9. The number of benzene rings is 1. The molecule has 0 radical (unpaired) electrons. The first kappa shape index (κ1) is 16.1. The molecule has 0 unspecified atom stereocenters. The number of rotatable bonds is 5. The lowest BCUT2D eigenvalue weighted by molar-refractivity contribution is 0.0925. The Bertz CT molecular complexity index is 621. The third-order valence-electron chi connectivity index (χ3n) is 4.27. The summed E-state index contributed by atoms with van der Waals surface area (Å²) in [5, 5.41) is 5.09. The van der Waals surface area contributed by atoms with Gasteiger partial charge in [-0.3, -0.25) is 9.69 Å². The summed E-state index contributed by atoms with van der Waals surface area (Å²) in [6, 6.07) is 10.1. The molecule has 122 valence electrons. The van der Waals surface area contributed by atoms with Crippen LogP contribution in [0.5, 0.6) is 0 Å². The fourth-order valence-corrected chi connectivity index (χ4v) is 3.87. The van der Waals surface area contributed by atoms with Gasteiger partial charge in [-0.25, -0.2) is 4.39 Å². The van der Waals surface area contributed by atoms with Gasteiger partial charge in [0.1, 0.15) is 5.82 Å². The van der Waals surface area contributed by atoms with E-state index in [1.807, 2.05) is 0 Å². The average molecular weight is 332 g/mol. The summed E-state index contributed by atoms with van der Waals surface area (Å²) in [6.45, 7) is 2.74. The molecule has 0 saturated carbocycles. The van der Waals surface area contributed by atoms with Crippen LogP contribution in [-0.4, -0.2) is 30.4 Å². The van der Waals surface area contributed by atoms with Crippen LogP contribution >= 0.6 is 11.3 Å². The molecule has 1 aromatic carbocycles. The van der Waals surface area contributed by atoms with Crippen LogP contribution in [0.4, 0.5) is 4.39 Å². The highest BCUT2D eigenvalue weighted by molar-refractivity contribution is 7.10. The Morgan fingerprint density at radius 3 is 2.57 bits per heavy atom. The predicted octanol–water partition coefficient (Wildman–Crippen LogP) is 3.84. The lowest BCUT2D eigenvalue weighted by Crippen LogP contribution is -2.40. The van der Waals surface area contributed by atoms with Crippen molar-refractivity contribution in [3.8, 4) is 0 Å². The maximum Gasteiger partial charge on any atom is 0.251 e. The number of amides is 1. The van der Waals surface area contributed by atoms with Crippen LogP contribution in [0.2, 0.25) is 0 Å². The number of carbonyl (C=O) groups is 1. The first-order valence-corrected chi connectivity index (χ1v) is 8.93. The molecule has 23 heavy (non-hydrogen) atoms. The topological polar surface area (TPSA) is 32.3 Å². The van der Waals surface area contributed by atoms with E-state index in [-0.39, 0.29) is 17.8 Å². The van der Waals surface area contributed by atoms with Crippen LogP contribution < -0.4 is 5.32 Å². The van der Waals surface area contributed by atoms with Crippen molar-refractivity contribution < 1.29 is 9.18 Å². The van der Waals surface area contributed by atoms with Crippen LogP contribution in [0.1, 0.15) is 40.5 Å². The summed E-state index contributed by atoms with van der Waals surface area (Å²) in [5.41, 5.74) is 0.495. The maximum atomic E-state index is 13.0. The van der Waals surface area contributed by atoms with E-state index in [2.05, 4.69) is 27.7 Å². The highest BCUT2D eigenvalue weighted by atomic mass is 32.1. The Hall–Kier alpha value is -1.72. The van der Waals surface area contributed by atoms with Gasteiger partial charge in [0.2, 0.25) is 0 Å². The van der Waals surface area contributed by atoms with Crippen LogP contribution in [0.3, 0.4) is 0 Å². The van der Waals surface area contributed by atoms with E-state index in [0.717, 1.165) is 13.1 Å². The predicted molar refractivity (Wildman–Crippen MR) is 91.2 cm³/mol. The summed E-state index contributed by atoms with van der Waals surface area (Å²) >= 11 is 1.73. The maximum absolute atomic E-state index is 13.0. The third kappa shape index (κ3) is 4.18. The zero-order chi connectivity index (χ0) is 16.1. The monoisotopic (exact) mass is 332 g/mol. The lowest BCUT2D eigenvalue weighted by Gasteiger charge is -2.34. The minimum atomic E-state index is -0.327. The van der Waals surface area contributed by atoms with Crippen molar-refractivity contribution in [1.29, 1.82) is 0 Å². The van der Waals surface area contributed by atoms with Crippen molar-refractivity contribution in [3.63, 3.8) is 0 Å². The number of halogens is 1. The molecule has 3 rings (SSSR count). The molecule has 1 amide bonds. The zero-order valence-corrected chi connectivity index (χ0v) is 13.8. The van der Waals surface area contributed by atoms with Crippen LogP contribution in [-0.2, 0) is 0 Å². The molecular weight excluding hydrogens is 311 g/mol. The minimum Gasteiger partial charge on any atom is -0.350 e. The fraction of sp³-hybridized carbons (Fsp3) is 0.389. The van der Waals surface area contributed by atoms with Gasteiger partial charge >= 0.3 is 0 Å². The average Bonchev–Trinajstić information content (AvgIpc) is 3.11. The molecule has 1 saturated heterocycles. The highest BCUT2D eigenvalue weighted by Crippen LogP contribution is 2.27. The molecule has 1 N–H and O–H groups in total.